The Morgan fingerprint density at radius 3 is 2.31 bits per heavy atom. The monoisotopic (exact) mass is 520 g/mol. The van der Waals surface area contributed by atoms with Crippen LogP contribution in [0.1, 0.15) is 40.5 Å². The molecule has 0 bridgehead atoms. The molecule has 208 valence electrons. The van der Waals surface area contributed by atoms with Crippen molar-refractivity contribution in [1.82, 2.24) is 0 Å². The Bertz CT molecular complexity index is 804. The van der Waals surface area contributed by atoms with Crippen LogP contribution in [0.2, 0.25) is 0 Å². The van der Waals surface area contributed by atoms with E-state index in [9.17, 15) is 40.5 Å². The molecule has 0 amide bonds. The van der Waals surface area contributed by atoms with Crippen LogP contribution in [0.4, 0.5) is 0 Å². The Labute approximate surface area is 210 Å². The van der Waals surface area contributed by atoms with E-state index in [1.807, 2.05) is 20.8 Å². The molecule has 3 rings (SSSR count). The van der Waals surface area contributed by atoms with Crippen molar-refractivity contribution in [2.45, 2.75) is 101 Å². The van der Waals surface area contributed by atoms with E-state index in [1.54, 1.807) is 0 Å². The van der Waals surface area contributed by atoms with Gasteiger partial charge in [0.25, 0.3) is 0 Å². The topological polar surface area (TPSA) is 196 Å². The van der Waals surface area contributed by atoms with Crippen molar-refractivity contribution in [3.05, 3.63) is 12.2 Å². The summed E-state index contributed by atoms with van der Waals surface area (Å²) in [4.78, 5) is 11.4. The third kappa shape index (κ3) is 5.69. The minimum absolute atomic E-state index is 0.180. The quantitative estimate of drug-likeness (QED) is 0.174. The van der Waals surface area contributed by atoms with Crippen LogP contribution in [0.3, 0.4) is 0 Å². The number of allylic oxidation sites excluding steroid dienone is 1. The first-order valence-corrected chi connectivity index (χ1v) is 12.2. The van der Waals surface area contributed by atoms with E-state index in [4.69, 9.17) is 18.9 Å². The minimum Gasteiger partial charge on any atom is -0.393 e. The van der Waals surface area contributed by atoms with E-state index in [0.29, 0.717) is 12.8 Å². The van der Waals surface area contributed by atoms with Gasteiger partial charge in [0.05, 0.1) is 31.5 Å². The van der Waals surface area contributed by atoms with E-state index in [1.165, 1.54) is 19.1 Å². The molecule has 11 unspecified atom stereocenters. The molecule has 12 heteroatoms. The first-order valence-electron chi connectivity index (χ1n) is 12.2. The lowest BCUT2D eigenvalue weighted by molar-refractivity contribution is -0.325. The smallest absolute Gasteiger partial charge is 0.186 e. The maximum atomic E-state index is 11.4. The van der Waals surface area contributed by atoms with E-state index < -0.39 is 72.4 Å². The molecular formula is C24H40O12. The molecule has 3 aliphatic rings. The van der Waals surface area contributed by atoms with Gasteiger partial charge < -0.3 is 54.7 Å². The number of hydrogen-bond acceptors (Lipinski definition) is 12. The molecule has 1 saturated carbocycles. The zero-order valence-electron chi connectivity index (χ0n) is 21.1. The highest BCUT2D eigenvalue weighted by Gasteiger charge is 2.53. The lowest BCUT2D eigenvalue weighted by atomic mass is 9.59. The van der Waals surface area contributed by atoms with E-state index in [-0.39, 0.29) is 24.9 Å². The molecule has 36 heavy (non-hydrogen) atoms. The van der Waals surface area contributed by atoms with Crippen molar-refractivity contribution in [1.29, 1.82) is 0 Å². The van der Waals surface area contributed by atoms with Gasteiger partial charge >= 0.3 is 0 Å². The number of hydrogen-bond donors (Lipinski definition) is 7. The fraction of sp³-hybridized carbons (Fsp3) is 0.875. The summed E-state index contributed by atoms with van der Waals surface area (Å²) in [6.07, 6.45) is -6.97. The molecule has 2 saturated heterocycles. The van der Waals surface area contributed by atoms with Crippen molar-refractivity contribution in [2.75, 3.05) is 19.8 Å². The lowest BCUT2D eigenvalue weighted by Gasteiger charge is -2.52. The molecule has 0 aromatic heterocycles. The summed E-state index contributed by atoms with van der Waals surface area (Å²) in [6.45, 7) is 5.44. The Kier molecular flexibility index (Phi) is 9.01. The van der Waals surface area contributed by atoms with Crippen LogP contribution in [0.15, 0.2) is 12.2 Å². The van der Waals surface area contributed by atoms with Gasteiger partial charge in [0, 0.05) is 0 Å². The molecule has 2 aliphatic heterocycles. The maximum absolute atomic E-state index is 11.4. The average molecular weight is 521 g/mol. The molecule has 12 nitrogen and oxygen atoms in total. The van der Waals surface area contributed by atoms with Crippen LogP contribution in [-0.2, 0) is 23.7 Å². The fourth-order valence-electron chi connectivity index (χ4n) is 5.28. The first-order chi connectivity index (χ1) is 16.6. The summed E-state index contributed by atoms with van der Waals surface area (Å²) in [5.74, 6) is -0.496. The molecule has 2 heterocycles. The number of rotatable bonds is 8. The van der Waals surface area contributed by atoms with Crippen molar-refractivity contribution in [3.63, 3.8) is 0 Å². The van der Waals surface area contributed by atoms with Gasteiger partial charge in [-0.25, -0.2) is 0 Å². The summed E-state index contributed by atoms with van der Waals surface area (Å²) >= 11 is 0. The Morgan fingerprint density at radius 1 is 1.08 bits per heavy atom. The van der Waals surface area contributed by atoms with Crippen LogP contribution in [-0.4, -0.2) is 122 Å². The fourth-order valence-corrected chi connectivity index (χ4v) is 5.28. The van der Waals surface area contributed by atoms with Crippen molar-refractivity contribution in [2.24, 2.45) is 11.3 Å². The van der Waals surface area contributed by atoms with Gasteiger partial charge in [0.1, 0.15) is 36.1 Å². The Balaban J connectivity index is 1.65. The average Bonchev–Trinajstić information content (AvgIpc) is 3.09. The van der Waals surface area contributed by atoms with Crippen LogP contribution >= 0.6 is 0 Å². The first kappa shape index (κ1) is 29.5. The van der Waals surface area contributed by atoms with Crippen LogP contribution in [0, 0.1) is 11.3 Å². The van der Waals surface area contributed by atoms with Gasteiger partial charge in [-0.05, 0) is 43.3 Å². The summed E-state index contributed by atoms with van der Waals surface area (Å²) in [5, 5.41) is 72.1. The summed E-state index contributed by atoms with van der Waals surface area (Å²) < 4.78 is 22.3. The zero-order chi connectivity index (χ0) is 27.1. The SMILES string of the molecule is CC(=O)C=CC1(O)C(C)CC(OC2OC(COC3OCC(O)(CO)C3O)C(O)C(O)C2O)CC1(C)C. The van der Waals surface area contributed by atoms with Crippen molar-refractivity contribution < 1.29 is 59.5 Å². The number of ether oxygens (including phenoxy) is 4. The predicted octanol–water partition coefficient (Wildman–Crippen LogP) is -2.03. The van der Waals surface area contributed by atoms with Gasteiger partial charge in [-0.2, -0.15) is 0 Å². The molecule has 0 spiro atoms. The van der Waals surface area contributed by atoms with E-state index in [2.05, 4.69) is 0 Å². The molecule has 7 N–H and O–H groups in total. The molecule has 11 atom stereocenters. The lowest BCUT2D eigenvalue weighted by Crippen LogP contribution is -2.61. The number of ketones is 1. The zero-order valence-corrected chi connectivity index (χ0v) is 21.1. The second-order valence-corrected chi connectivity index (χ2v) is 11.0. The van der Waals surface area contributed by atoms with Crippen molar-refractivity contribution >= 4 is 5.78 Å². The summed E-state index contributed by atoms with van der Waals surface area (Å²) in [6, 6.07) is 0. The van der Waals surface area contributed by atoms with E-state index in [0.717, 1.165) is 0 Å². The van der Waals surface area contributed by atoms with Crippen molar-refractivity contribution in [3.8, 4) is 0 Å². The predicted molar refractivity (Wildman–Crippen MR) is 122 cm³/mol. The van der Waals surface area contributed by atoms with Gasteiger partial charge in [0.2, 0.25) is 0 Å². The van der Waals surface area contributed by atoms with Crippen LogP contribution in [0.5, 0.6) is 0 Å². The third-order valence-electron chi connectivity index (χ3n) is 7.76. The third-order valence-corrected chi connectivity index (χ3v) is 7.76. The minimum atomic E-state index is -1.88. The molecular weight excluding hydrogens is 480 g/mol. The Morgan fingerprint density at radius 2 is 1.75 bits per heavy atom. The molecule has 1 aliphatic carbocycles. The highest BCUT2D eigenvalue weighted by Crippen LogP contribution is 2.49. The Hall–Kier alpha value is -1.03. The van der Waals surface area contributed by atoms with Gasteiger partial charge in [-0.15, -0.1) is 0 Å². The second kappa shape index (κ2) is 11.0. The second-order valence-electron chi connectivity index (χ2n) is 11.0. The normalized spacial score (nSPS) is 47.4. The number of aliphatic hydroxyl groups is 7. The number of carbonyl (C=O) groups is 1. The number of carbonyl (C=O) groups excluding carboxylic acids is 1. The number of aliphatic hydroxyl groups excluding tert-OH is 5. The molecule has 0 aromatic carbocycles. The van der Waals surface area contributed by atoms with Gasteiger partial charge in [-0.3, -0.25) is 4.79 Å². The summed E-state index contributed by atoms with van der Waals surface area (Å²) in [7, 11) is 0. The van der Waals surface area contributed by atoms with Crippen LogP contribution < -0.4 is 0 Å². The highest BCUT2D eigenvalue weighted by atomic mass is 16.7. The maximum Gasteiger partial charge on any atom is 0.186 e. The standard InChI is InChI=1S/C24H40O12/c1-12-7-14(8-22(3,4)24(12,32)6-5-13(2)26)35-20-18(29)17(28)16(27)15(36-20)9-33-21-19(30)23(31,10-25)11-34-21/h5-6,12,14-21,25,27-32H,7-11H2,1-4H3. The molecule has 0 aromatic rings. The highest BCUT2D eigenvalue weighted by molar-refractivity contribution is 5.87. The summed E-state index contributed by atoms with van der Waals surface area (Å²) in [5.41, 5.74) is -3.86. The van der Waals surface area contributed by atoms with Gasteiger partial charge in [0.15, 0.2) is 18.4 Å². The van der Waals surface area contributed by atoms with Gasteiger partial charge in [-0.1, -0.05) is 20.8 Å². The largest absolute Gasteiger partial charge is 0.393 e. The molecule has 3 fully saturated rings. The van der Waals surface area contributed by atoms with Crippen LogP contribution in [0.25, 0.3) is 0 Å². The van der Waals surface area contributed by atoms with E-state index >= 15 is 0 Å². The molecule has 0 radical (unpaired) electrons.